The number of fused-ring (bicyclic) bond motifs is 2. The van der Waals surface area contributed by atoms with Crippen LogP contribution in [0.2, 0.25) is 0 Å². The third kappa shape index (κ3) is 8.86. The molecule has 0 fully saturated rings. The number of benzene rings is 3. The smallest absolute Gasteiger partial charge is 0.342 e. The van der Waals surface area contributed by atoms with Gasteiger partial charge in [0, 0.05) is 30.7 Å². The number of phenolic OH excluding ortho intramolecular Hbond substituents is 2. The first-order chi connectivity index (χ1) is 24.6. The molecule has 1 amide bonds. The minimum Gasteiger partial charge on any atom is -0.507 e. The van der Waals surface area contributed by atoms with Crippen LogP contribution in [0.4, 0.5) is 0 Å². The molecule has 0 radical (unpaired) electrons. The molecule has 2 aliphatic heterocycles. The van der Waals surface area contributed by atoms with E-state index in [0.29, 0.717) is 61.3 Å². The summed E-state index contributed by atoms with van der Waals surface area (Å²) < 4.78 is 34.2. The average Bonchev–Trinajstić information content (AvgIpc) is 3.12. The number of aromatic hydroxyl groups is 2. The van der Waals surface area contributed by atoms with Crippen LogP contribution < -0.4 is 29.0 Å². The molecule has 0 saturated carbocycles. The maximum Gasteiger partial charge on any atom is 0.342 e. The van der Waals surface area contributed by atoms with Crippen LogP contribution in [0.5, 0.6) is 40.2 Å². The fourth-order valence-electron chi connectivity index (χ4n) is 6.36. The zero-order valence-corrected chi connectivity index (χ0v) is 29.4. The summed E-state index contributed by atoms with van der Waals surface area (Å²) in [5, 5.41) is 26.4. The van der Waals surface area contributed by atoms with E-state index in [1.54, 1.807) is 43.3 Å². The summed E-state index contributed by atoms with van der Waals surface area (Å²) in [6.07, 6.45) is 5.17. The Bertz CT molecular complexity index is 1740. The van der Waals surface area contributed by atoms with Gasteiger partial charge in [-0.1, -0.05) is 24.3 Å². The van der Waals surface area contributed by atoms with Crippen molar-refractivity contribution in [2.75, 3.05) is 34.5 Å². The van der Waals surface area contributed by atoms with Crippen LogP contribution in [0.3, 0.4) is 0 Å². The van der Waals surface area contributed by atoms with E-state index in [1.807, 2.05) is 12.1 Å². The molecule has 0 aliphatic carbocycles. The minimum absolute atomic E-state index is 0.0610. The summed E-state index contributed by atoms with van der Waals surface area (Å²) in [7, 11) is 4.37. The Balaban J connectivity index is 1.54. The summed E-state index contributed by atoms with van der Waals surface area (Å²) in [4.78, 5) is 39.7. The number of rotatable bonds is 9. The molecule has 3 unspecified atom stereocenters. The third-order valence-electron chi connectivity index (χ3n) is 8.97. The number of cyclic esters (lactones) is 1. The van der Waals surface area contributed by atoms with Crippen LogP contribution in [-0.2, 0) is 14.3 Å². The van der Waals surface area contributed by atoms with Crippen molar-refractivity contribution in [1.29, 1.82) is 0 Å². The van der Waals surface area contributed by atoms with Gasteiger partial charge in [0.15, 0.2) is 23.0 Å². The van der Waals surface area contributed by atoms with Crippen LogP contribution >= 0.6 is 0 Å². The van der Waals surface area contributed by atoms with E-state index >= 15 is 0 Å². The first kappa shape index (κ1) is 36.9. The van der Waals surface area contributed by atoms with Gasteiger partial charge >= 0.3 is 5.97 Å². The van der Waals surface area contributed by atoms with Gasteiger partial charge in [0.1, 0.15) is 35.6 Å². The third-order valence-corrected chi connectivity index (χ3v) is 8.97. The number of ether oxygens (including phenoxy) is 6. The van der Waals surface area contributed by atoms with Crippen molar-refractivity contribution in [2.45, 2.75) is 70.0 Å². The second-order valence-electron chi connectivity index (χ2n) is 12.6. The molecular formula is C39H45NO11. The van der Waals surface area contributed by atoms with Gasteiger partial charge in [0.2, 0.25) is 11.7 Å². The molecule has 5 rings (SSSR count). The summed E-state index contributed by atoms with van der Waals surface area (Å²) >= 11 is 0. The Morgan fingerprint density at radius 2 is 1.67 bits per heavy atom. The van der Waals surface area contributed by atoms with Crippen LogP contribution in [-0.4, -0.2) is 74.6 Å². The number of hydrogen-bond donors (Lipinski definition) is 3. The number of para-hydroxylation sites is 2. The summed E-state index contributed by atoms with van der Waals surface area (Å²) in [6.45, 7) is 2.08. The maximum absolute atomic E-state index is 13.7. The number of methoxy groups -OCH3 is 3. The Morgan fingerprint density at radius 1 is 0.961 bits per heavy atom. The van der Waals surface area contributed by atoms with E-state index in [4.69, 9.17) is 28.4 Å². The van der Waals surface area contributed by atoms with Crippen molar-refractivity contribution in [3.05, 3.63) is 70.8 Å². The zero-order valence-electron chi connectivity index (χ0n) is 29.4. The van der Waals surface area contributed by atoms with Gasteiger partial charge < -0.3 is 44.0 Å². The van der Waals surface area contributed by atoms with Gasteiger partial charge in [0.25, 0.3) is 0 Å². The summed E-state index contributed by atoms with van der Waals surface area (Å²) in [5.41, 5.74) is 0.453. The Kier molecular flexibility index (Phi) is 12.3. The number of nitrogens with one attached hydrogen (secondary N) is 1. The fraction of sp³-hybridized carbons (Fsp3) is 0.410. The number of amides is 1. The van der Waals surface area contributed by atoms with E-state index in [0.717, 1.165) is 0 Å². The first-order valence-electron chi connectivity index (χ1n) is 17.1. The topological polar surface area (TPSA) is 159 Å². The summed E-state index contributed by atoms with van der Waals surface area (Å²) in [6, 6.07) is 11.9. The largest absolute Gasteiger partial charge is 0.507 e. The maximum atomic E-state index is 13.7. The Hall–Kier alpha value is -5.39. The number of esters is 1. The molecule has 3 aromatic rings. The molecule has 0 bridgehead atoms. The molecule has 0 spiro atoms. The minimum atomic E-state index is -1.01. The monoisotopic (exact) mass is 703 g/mol. The molecule has 272 valence electrons. The molecule has 2 heterocycles. The van der Waals surface area contributed by atoms with Gasteiger partial charge in [-0.3, -0.25) is 9.59 Å². The lowest BCUT2D eigenvalue weighted by atomic mass is 9.84. The highest BCUT2D eigenvalue weighted by Crippen LogP contribution is 2.48. The number of hydrogen-bond acceptors (Lipinski definition) is 11. The van der Waals surface area contributed by atoms with Crippen molar-refractivity contribution >= 4 is 23.7 Å². The second kappa shape index (κ2) is 17.0. The van der Waals surface area contributed by atoms with Crippen LogP contribution in [0.15, 0.2) is 48.5 Å². The second-order valence-corrected chi connectivity index (χ2v) is 12.6. The lowest BCUT2D eigenvalue weighted by molar-refractivity contribution is -0.122. The van der Waals surface area contributed by atoms with Gasteiger partial charge in [0.05, 0.1) is 34.0 Å². The molecule has 3 aromatic carbocycles. The van der Waals surface area contributed by atoms with Crippen LogP contribution in [0.1, 0.15) is 84.8 Å². The van der Waals surface area contributed by atoms with Crippen molar-refractivity contribution in [3.63, 3.8) is 0 Å². The van der Waals surface area contributed by atoms with Gasteiger partial charge in [-0.05, 0) is 74.1 Å². The van der Waals surface area contributed by atoms with E-state index in [1.165, 1.54) is 27.4 Å². The predicted octanol–water partition coefficient (Wildman–Crippen LogP) is 6.08. The standard InChI is InChI=1S/C39H45NO11/c1-23-11-10-14-26(41)13-7-5-6-12-24-17-29(42)36(37(44)35(24)39(45)50-23)28(25-18-32(46-2)38(48-4)33(19-25)47-3)20-34(43)40-21-27-22-49-30-15-8-9-16-31(30)51-27/h6,8-9,12,15-19,23,27-28,42,44H,5,7,10-11,13-14,20-22H2,1-4H3,(H,40,43). The predicted molar refractivity (Wildman–Crippen MR) is 188 cm³/mol. The number of Topliss-reactive ketones (excluding diaryl/α,β-unsaturated/α-hetero) is 1. The highest BCUT2D eigenvalue weighted by Gasteiger charge is 2.32. The van der Waals surface area contributed by atoms with Crippen molar-refractivity contribution in [1.82, 2.24) is 5.32 Å². The number of carbonyl (C=O) groups is 3. The van der Waals surface area contributed by atoms with E-state index < -0.39 is 35.8 Å². The van der Waals surface area contributed by atoms with Crippen LogP contribution in [0.25, 0.3) is 6.08 Å². The van der Waals surface area contributed by atoms with Crippen LogP contribution in [0, 0.1) is 0 Å². The first-order valence-corrected chi connectivity index (χ1v) is 17.1. The van der Waals surface area contributed by atoms with Gasteiger partial charge in [-0.2, -0.15) is 0 Å². The van der Waals surface area contributed by atoms with Crippen molar-refractivity contribution in [3.8, 4) is 40.2 Å². The number of phenols is 2. The normalized spacial score (nSPS) is 18.4. The molecule has 3 atom stereocenters. The molecular weight excluding hydrogens is 658 g/mol. The van der Waals surface area contributed by atoms with Crippen molar-refractivity contribution < 1.29 is 53.0 Å². The summed E-state index contributed by atoms with van der Waals surface area (Å²) in [5.74, 6) is -0.882. The van der Waals surface area contributed by atoms with E-state index in [-0.39, 0.29) is 59.3 Å². The quantitative estimate of drug-likeness (QED) is 0.222. The lowest BCUT2D eigenvalue weighted by Crippen LogP contribution is -2.41. The molecule has 3 N–H and O–H groups in total. The number of allylic oxidation sites excluding steroid dienone is 1. The highest BCUT2D eigenvalue weighted by molar-refractivity contribution is 5.98. The molecule has 12 nitrogen and oxygen atoms in total. The fourth-order valence-corrected chi connectivity index (χ4v) is 6.36. The number of carbonyl (C=O) groups excluding carboxylic acids is 3. The van der Waals surface area contributed by atoms with E-state index in [9.17, 15) is 24.6 Å². The van der Waals surface area contributed by atoms with E-state index in [2.05, 4.69) is 5.32 Å². The zero-order chi connectivity index (χ0) is 36.5. The van der Waals surface area contributed by atoms with Gasteiger partial charge in [-0.25, -0.2) is 4.79 Å². The van der Waals surface area contributed by atoms with Crippen molar-refractivity contribution in [2.24, 2.45) is 0 Å². The molecule has 0 saturated heterocycles. The molecule has 51 heavy (non-hydrogen) atoms. The Labute approximate surface area is 297 Å². The lowest BCUT2D eigenvalue weighted by Gasteiger charge is -2.27. The number of ketones is 1. The SMILES string of the molecule is COc1cc(C(CC(=O)NCC2COc3ccccc3O2)c2c(O)cc3c(c2O)C(=O)OC(C)CCCC(=O)CCCC=C3)cc(OC)c1OC. The molecule has 2 aliphatic rings. The Morgan fingerprint density at radius 3 is 2.37 bits per heavy atom. The highest BCUT2D eigenvalue weighted by atomic mass is 16.6. The average molecular weight is 704 g/mol. The molecule has 12 heteroatoms. The van der Waals surface area contributed by atoms with Gasteiger partial charge in [-0.15, -0.1) is 0 Å². The molecule has 0 aromatic heterocycles.